The lowest BCUT2D eigenvalue weighted by molar-refractivity contribution is 0.122. The quantitative estimate of drug-likeness (QED) is 0.525. The average molecular weight is 183 g/mol. The molecule has 0 spiro atoms. The fourth-order valence-electron chi connectivity index (χ4n) is 1.08. The summed E-state index contributed by atoms with van der Waals surface area (Å²) in [5.41, 5.74) is 7.09. The highest BCUT2D eigenvalue weighted by Gasteiger charge is 2.04. The van der Waals surface area contributed by atoms with Crippen molar-refractivity contribution in [2.24, 2.45) is 5.73 Å². The lowest BCUT2D eigenvalue weighted by Gasteiger charge is -2.16. The smallest absolute Gasteiger partial charge is 0.0982 e. The van der Waals surface area contributed by atoms with E-state index in [0.29, 0.717) is 5.70 Å². The summed E-state index contributed by atoms with van der Waals surface area (Å²) in [6, 6.07) is 0. The van der Waals surface area contributed by atoms with Gasteiger partial charge < -0.3 is 10.5 Å². The molecule has 13 heavy (non-hydrogen) atoms. The predicted molar refractivity (Wildman–Crippen MR) is 57.2 cm³/mol. The Morgan fingerprint density at radius 2 is 2.00 bits per heavy atom. The van der Waals surface area contributed by atoms with Crippen LogP contribution < -0.4 is 5.73 Å². The van der Waals surface area contributed by atoms with Crippen molar-refractivity contribution < 1.29 is 4.74 Å². The van der Waals surface area contributed by atoms with Gasteiger partial charge in [-0.15, -0.1) is 0 Å². The van der Waals surface area contributed by atoms with Crippen molar-refractivity contribution in [2.45, 2.75) is 46.6 Å². The van der Waals surface area contributed by atoms with Gasteiger partial charge in [-0.2, -0.15) is 0 Å². The molecule has 0 radical (unpaired) electrons. The van der Waals surface area contributed by atoms with E-state index in [1.807, 2.05) is 13.8 Å². The summed E-state index contributed by atoms with van der Waals surface area (Å²) < 4.78 is 5.65. The van der Waals surface area contributed by atoms with E-state index in [4.69, 9.17) is 10.5 Å². The van der Waals surface area contributed by atoms with Gasteiger partial charge in [0, 0.05) is 11.3 Å². The van der Waals surface area contributed by atoms with Gasteiger partial charge in [-0.25, -0.2) is 0 Å². The first-order valence-electron chi connectivity index (χ1n) is 4.77. The lowest BCUT2D eigenvalue weighted by atomic mass is 10.2. The van der Waals surface area contributed by atoms with Gasteiger partial charge in [0.1, 0.15) is 0 Å². The van der Waals surface area contributed by atoms with E-state index in [1.54, 1.807) is 0 Å². The Morgan fingerprint density at radius 3 is 2.38 bits per heavy atom. The van der Waals surface area contributed by atoms with Gasteiger partial charge >= 0.3 is 0 Å². The Bertz CT molecular complexity index is 206. The molecule has 0 heterocycles. The van der Waals surface area contributed by atoms with Crippen LogP contribution in [0.3, 0.4) is 0 Å². The van der Waals surface area contributed by atoms with Crippen LogP contribution in [-0.4, -0.2) is 6.10 Å². The molecule has 0 unspecified atom stereocenters. The number of ether oxygens (including phenoxy) is 1. The molecule has 0 aliphatic heterocycles. The minimum atomic E-state index is 0.263. The van der Waals surface area contributed by atoms with E-state index in [2.05, 4.69) is 20.4 Å². The van der Waals surface area contributed by atoms with Gasteiger partial charge in [0.2, 0.25) is 0 Å². The summed E-state index contributed by atoms with van der Waals surface area (Å²) in [4.78, 5) is 0. The number of rotatable bonds is 5. The predicted octanol–water partition coefficient (Wildman–Crippen LogP) is 2.96. The molecule has 0 aromatic rings. The van der Waals surface area contributed by atoms with Crippen LogP contribution in [0.15, 0.2) is 23.6 Å². The first-order valence-corrected chi connectivity index (χ1v) is 4.77. The Kier molecular flexibility index (Phi) is 5.28. The molecular weight excluding hydrogens is 162 g/mol. The highest BCUT2D eigenvalue weighted by atomic mass is 16.5. The molecule has 76 valence electrons. The van der Waals surface area contributed by atoms with Crippen molar-refractivity contribution in [1.82, 2.24) is 0 Å². The second-order valence-corrected chi connectivity index (χ2v) is 3.42. The Balaban J connectivity index is 4.19. The second kappa shape index (κ2) is 5.68. The molecule has 0 aliphatic rings. The van der Waals surface area contributed by atoms with Gasteiger partial charge in [-0.3, -0.25) is 0 Å². The summed E-state index contributed by atoms with van der Waals surface area (Å²) in [6.45, 7) is 11.7. The van der Waals surface area contributed by atoms with E-state index in [1.165, 1.54) is 0 Å². The van der Waals surface area contributed by atoms with Gasteiger partial charge in [-0.1, -0.05) is 19.9 Å². The molecule has 2 N–H and O–H groups in total. The normalized spacial score (nSPS) is 14.8. The largest absolute Gasteiger partial charge is 0.495 e. The molecule has 0 aromatic heterocycles. The Morgan fingerprint density at radius 1 is 1.46 bits per heavy atom. The van der Waals surface area contributed by atoms with Crippen LogP contribution >= 0.6 is 0 Å². The van der Waals surface area contributed by atoms with E-state index in [9.17, 15) is 0 Å². The maximum absolute atomic E-state index is 5.65. The number of allylic oxidation sites excluding steroid dienone is 2. The molecule has 2 heteroatoms. The first kappa shape index (κ1) is 12.1. The zero-order chi connectivity index (χ0) is 10.4. The lowest BCUT2D eigenvalue weighted by Crippen LogP contribution is -2.09. The van der Waals surface area contributed by atoms with Crippen LogP contribution in [0.5, 0.6) is 0 Å². The summed E-state index contributed by atoms with van der Waals surface area (Å²) in [5.74, 6) is 0.883. The maximum atomic E-state index is 5.65. The minimum absolute atomic E-state index is 0.263. The van der Waals surface area contributed by atoms with Gasteiger partial charge in [0.25, 0.3) is 0 Å². The number of hydrogen-bond acceptors (Lipinski definition) is 2. The standard InChI is InChI=1S/C11H21NO/c1-6-7-8(2)13-11(5)9(3)10(4)12/h8H,4,6-7,12H2,1-3,5H3/b11-9+/t8-/m0/s1. The Hall–Kier alpha value is -0.920. The molecule has 0 bridgehead atoms. The molecule has 0 aromatic carbocycles. The van der Waals surface area contributed by atoms with E-state index >= 15 is 0 Å². The molecule has 0 saturated carbocycles. The topological polar surface area (TPSA) is 35.2 Å². The zero-order valence-corrected chi connectivity index (χ0v) is 9.18. The van der Waals surface area contributed by atoms with Crippen molar-refractivity contribution in [2.75, 3.05) is 0 Å². The third-order valence-electron chi connectivity index (χ3n) is 2.08. The average Bonchev–Trinajstić information content (AvgIpc) is 2.03. The molecule has 0 aliphatic carbocycles. The zero-order valence-electron chi connectivity index (χ0n) is 9.18. The van der Waals surface area contributed by atoms with Crippen LogP contribution in [0.2, 0.25) is 0 Å². The fraction of sp³-hybridized carbons (Fsp3) is 0.636. The highest BCUT2D eigenvalue weighted by Crippen LogP contribution is 2.13. The molecule has 0 rings (SSSR count). The molecule has 0 saturated heterocycles. The fourth-order valence-corrected chi connectivity index (χ4v) is 1.08. The molecular formula is C11H21NO. The van der Waals surface area contributed by atoms with E-state index in [0.717, 1.165) is 24.2 Å². The maximum Gasteiger partial charge on any atom is 0.0982 e. The minimum Gasteiger partial charge on any atom is -0.495 e. The van der Waals surface area contributed by atoms with Crippen LogP contribution in [0, 0.1) is 0 Å². The molecule has 1 atom stereocenters. The van der Waals surface area contributed by atoms with E-state index < -0.39 is 0 Å². The summed E-state index contributed by atoms with van der Waals surface area (Å²) in [5, 5.41) is 0. The summed E-state index contributed by atoms with van der Waals surface area (Å²) in [7, 11) is 0. The first-order chi connectivity index (χ1) is 5.99. The van der Waals surface area contributed by atoms with Crippen LogP contribution in [-0.2, 0) is 4.74 Å². The van der Waals surface area contributed by atoms with Crippen molar-refractivity contribution in [3.05, 3.63) is 23.6 Å². The van der Waals surface area contributed by atoms with Crippen molar-refractivity contribution in [3.63, 3.8) is 0 Å². The van der Waals surface area contributed by atoms with Crippen LogP contribution in [0.4, 0.5) is 0 Å². The molecule has 0 amide bonds. The van der Waals surface area contributed by atoms with Crippen LogP contribution in [0.1, 0.15) is 40.5 Å². The van der Waals surface area contributed by atoms with Crippen molar-refractivity contribution in [3.8, 4) is 0 Å². The van der Waals surface area contributed by atoms with Crippen LogP contribution in [0.25, 0.3) is 0 Å². The van der Waals surface area contributed by atoms with E-state index in [-0.39, 0.29) is 6.10 Å². The second-order valence-electron chi connectivity index (χ2n) is 3.42. The monoisotopic (exact) mass is 183 g/mol. The highest BCUT2D eigenvalue weighted by molar-refractivity contribution is 5.25. The van der Waals surface area contributed by atoms with Crippen molar-refractivity contribution >= 4 is 0 Å². The summed E-state index contributed by atoms with van der Waals surface area (Å²) in [6.07, 6.45) is 2.47. The number of nitrogens with two attached hydrogens (primary N) is 1. The molecule has 2 nitrogen and oxygen atoms in total. The molecule has 0 fully saturated rings. The summed E-state index contributed by atoms with van der Waals surface area (Å²) >= 11 is 0. The number of hydrogen-bond donors (Lipinski definition) is 1. The van der Waals surface area contributed by atoms with Gasteiger partial charge in [0.15, 0.2) is 0 Å². The van der Waals surface area contributed by atoms with Crippen molar-refractivity contribution in [1.29, 1.82) is 0 Å². The van der Waals surface area contributed by atoms with Gasteiger partial charge in [0.05, 0.1) is 11.9 Å². The Labute approximate surface area is 81.5 Å². The third kappa shape index (κ3) is 4.61. The van der Waals surface area contributed by atoms with Gasteiger partial charge in [-0.05, 0) is 27.2 Å². The third-order valence-corrected chi connectivity index (χ3v) is 2.08. The SMILES string of the molecule is C=C(N)/C(C)=C(\C)O[C@@H](C)CCC.